The van der Waals surface area contributed by atoms with Gasteiger partial charge in [0, 0.05) is 11.1 Å². The number of nitriles is 1. The number of allylic oxidation sites excluding steroid dienone is 1. The average Bonchev–Trinajstić information content (AvgIpc) is 2.39. The summed E-state index contributed by atoms with van der Waals surface area (Å²) in [4.78, 5) is 11.6. The van der Waals surface area contributed by atoms with Gasteiger partial charge in [-0.1, -0.05) is 37.4 Å². The summed E-state index contributed by atoms with van der Waals surface area (Å²) in [6, 6.07) is 9.51. The van der Waals surface area contributed by atoms with Gasteiger partial charge < -0.3 is 4.74 Å². The maximum absolute atomic E-state index is 11.6. The highest BCUT2D eigenvalue weighted by molar-refractivity contribution is 5.90. The molecule has 0 saturated heterocycles. The van der Waals surface area contributed by atoms with Crippen molar-refractivity contribution in [1.29, 1.82) is 5.26 Å². The number of carbonyl (C=O) groups is 1. The van der Waals surface area contributed by atoms with E-state index in [1.807, 2.05) is 37.3 Å². The van der Waals surface area contributed by atoms with E-state index in [1.165, 1.54) is 7.11 Å². The standard InChI is InChI=1S/C15H15NO2/c1-10-7-5-6-8-13(10)14(11(2)9-16)12(3)15(17)18-4/h5-8,14H,2-3H2,1,4H3. The highest BCUT2D eigenvalue weighted by Crippen LogP contribution is 2.32. The lowest BCUT2D eigenvalue weighted by Gasteiger charge is -2.19. The molecule has 0 fully saturated rings. The first-order valence-electron chi connectivity index (χ1n) is 5.44. The van der Waals surface area contributed by atoms with Crippen molar-refractivity contribution in [1.82, 2.24) is 0 Å². The number of methoxy groups -OCH3 is 1. The number of aryl methyl sites for hydroxylation is 1. The highest BCUT2D eigenvalue weighted by Gasteiger charge is 2.25. The van der Waals surface area contributed by atoms with Gasteiger partial charge >= 0.3 is 5.97 Å². The van der Waals surface area contributed by atoms with Crippen molar-refractivity contribution in [2.75, 3.05) is 7.11 Å². The van der Waals surface area contributed by atoms with Gasteiger partial charge in [0.15, 0.2) is 0 Å². The van der Waals surface area contributed by atoms with Crippen molar-refractivity contribution in [2.24, 2.45) is 0 Å². The largest absolute Gasteiger partial charge is 0.466 e. The number of hydrogen-bond donors (Lipinski definition) is 0. The summed E-state index contributed by atoms with van der Waals surface area (Å²) >= 11 is 0. The molecule has 1 aromatic carbocycles. The van der Waals surface area contributed by atoms with Crippen LogP contribution in [0.5, 0.6) is 0 Å². The van der Waals surface area contributed by atoms with E-state index in [0.717, 1.165) is 11.1 Å². The van der Waals surface area contributed by atoms with Gasteiger partial charge in [-0.2, -0.15) is 5.26 Å². The lowest BCUT2D eigenvalue weighted by Crippen LogP contribution is -2.14. The Bertz CT molecular complexity index is 538. The summed E-state index contributed by atoms with van der Waals surface area (Å²) in [7, 11) is 1.29. The lowest BCUT2D eigenvalue weighted by atomic mass is 9.84. The number of carbonyl (C=O) groups excluding carboxylic acids is 1. The van der Waals surface area contributed by atoms with E-state index < -0.39 is 11.9 Å². The van der Waals surface area contributed by atoms with Crippen LogP contribution in [0.1, 0.15) is 17.0 Å². The molecule has 0 aromatic heterocycles. The minimum absolute atomic E-state index is 0.221. The van der Waals surface area contributed by atoms with Crippen LogP contribution in [0.25, 0.3) is 0 Å². The third-order valence-corrected chi connectivity index (χ3v) is 2.79. The molecule has 0 bridgehead atoms. The van der Waals surface area contributed by atoms with Crippen molar-refractivity contribution < 1.29 is 9.53 Å². The Hall–Kier alpha value is -2.34. The average molecular weight is 241 g/mol. The van der Waals surface area contributed by atoms with Gasteiger partial charge in [0.2, 0.25) is 0 Å². The summed E-state index contributed by atoms with van der Waals surface area (Å²) < 4.78 is 4.66. The molecule has 0 amide bonds. The number of esters is 1. The number of hydrogen-bond acceptors (Lipinski definition) is 3. The van der Waals surface area contributed by atoms with Crippen molar-refractivity contribution in [3.63, 3.8) is 0 Å². The van der Waals surface area contributed by atoms with E-state index in [9.17, 15) is 4.79 Å². The second kappa shape index (κ2) is 5.83. The zero-order valence-electron chi connectivity index (χ0n) is 10.6. The molecular weight excluding hydrogens is 226 g/mol. The third-order valence-electron chi connectivity index (χ3n) is 2.79. The van der Waals surface area contributed by atoms with Crippen LogP contribution in [0.4, 0.5) is 0 Å². The SMILES string of the molecule is C=C(C#N)C(C(=C)C(=O)OC)c1ccccc1C. The molecule has 18 heavy (non-hydrogen) atoms. The van der Waals surface area contributed by atoms with Crippen molar-refractivity contribution >= 4 is 5.97 Å². The number of rotatable bonds is 4. The fraction of sp³-hybridized carbons (Fsp3) is 0.200. The molecule has 1 aromatic rings. The molecule has 0 saturated carbocycles. The van der Waals surface area contributed by atoms with E-state index in [4.69, 9.17) is 5.26 Å². The van der Waals surface area contributed by atoms with Gasteiger partial charge in [0.1, 0.15) is 0 Å². The molecule has 1 unspecified atom stereocenters. The van der Waals surface area contributed by atoms with E-state index in [2.05, 4.69) is 17.9 Å². The maximum Gasteiger partial charge on any atom is 0.334 e. The van der Waals surface area contributed by atoms with Crippen LogP contribution < -0.4 is 0 Å². The molecule has 1 rings (SSSR count). The number of nitrogens with zero attached hydrogens (tertiary/aromatic N) is 1. The van der Waals surface area contributed by atoms with Crippen LogP contribution in [0.2, 0.25) is 0 Å². The highest BCUT2D eigenvalue weighted by atomic mass is 16.5. The molecule has 0 spiro atoms. The summed E-state index contributed by atoms with van der Waals surface area (Å²) in [5.74, 6) is -1.05. The van der Waals surface area contributed by atoms with E-state index in [0.29, 0.717) is 0 Å². The summed E-state index contributed by atoms with van der Waals surface area (Å²) in [6.45, 7) is 9.34. The van der Waals surface area contributed by atoms with Gasteiger partial charge in [0.25, 0.3) is 0 Å². The monoisotopic (exact) mass is 241 g/mol. The van der Waals surface area contributed by atoms with Gasteiger partial charge in [-0.25, -0.2) is 4.79 Å². The Morgan fingerprint density at radius 2 is 2.00 bits per heavy atom. The fourth-order valence-corrected chi connectivity index (χ4v) is 1.81. The Kier molecular flexibility index (Phi) is 4.45. The molecule has 0 aliphatic carbocycles. The van der Waals surface area contributed by atoms with Crippen LogP contribution in [0.3, 0.4) is 0 Å². The Morgan fingerprint density at radius 3 is 2.50 bits per heavy atom. The minimum atomic E-state index is -0.528. The first kappa shape index (κ1) is 13.7. The first-order valence-corrected chi connectivity index (χ1v) is 5.44. The van der Waals surface area contributed by atoms with Crippen LogP contribution in [-0.2, 0) is 9.53 Å². The molecule has 0 N–H and O–H groups in total. The molecule has 92 valence electrons. The van der Waals surface area contributed by atoms with Gasteiger partial charge in [-0.05, 0) is 18.1 Å². The second-order valence-corrected chi connectivity index (χ2v) is 3.94. The zero-order valence-corrected chi connectivity index (χ0v) is 10.6. The zero-order chi connectivity index (χ0) is 13.7. The molecule has 3 heteroatoms. The van der Waals surface area contributed by atoms with E-state index in [-0.39, 0.29) is 11.1 Å². The van der Waals surface area contributed by atoms with Crippen molar-refractivity contribution in [2.45, 2.75) is 12.8 Å². The van der Waals surface area contributed by atoms with Crippen molar-refractivity contribution in [3.05, 3.63) is 59.7 Å². The third kappa shape index (κ3) is 2.67. The second-order valence-electron chi connectivity index (χ2n) is 3.94. The molecule has 0 heterocycles. The van der Waals surface area contributed by atoms with E-state index in [1.54, 1.807) is 0 Å². The van der Waals surface area contributed by atoms with Crippen LogP contribution in [0.15, 0.2) is 48.6 Å². The molecular formula is C15H15NO2. The summed E-state index contributed by atoms with van der Waals surface area (Å²) in [5.41, 5.74) is 2.32. The molecule has 3 nitrogen and oxygen atoms in total. The number of ether oxygens (including phenoxy) is 1. The van der Waals surface area contributed by atoms with Gasteiger partial charge in [0.05, 0.1) is 19.1 Å². The smallest absolute Gasteiger partial charge is 0.334 e. The molecule has 0 aliphatic heterocycles. The summed E-state index contributed by atoms with van der Waals surface area (Å²) in [5, 5.41) is 9.02. The van der Waals surface area contributed by atoms with Crippen LogP contribution in [-0.4, -0.2) is 13.1 Å². The predicted octanol–water partition coefficient (Wildman–Crippen LogP) is 2.89. The maximum atomic E-state index is 11.6. The van der Waals surface area contributed by atoms with Crippen LogP contribution >= 0.6 is 0 Å². The van der Waals surface area contributed by atoms with Gasteiger partial charge in [-0.15, -0.1) is 0 Å². The molecule has 1 atom stereocenters. The molecule has 0 aliphatic rings. The Morgan fingerprint density at radius 1 is 1.39 bits per heavy atom. The quantitative estimate of drug-likeness (QED) is 0.462. The van der Waals surface area contributed by atoms with Crippen LogP contribution in [0, 0.1) is 18.3 Å². The minimum Gasteiger partial charge on any atom is -0.466 e. The number of benzene rings is 1. The normalized spacial score (nSPS) is 11.2. The van der Waals surface area contributed by atoms with Gasteiger partial charge in [-0.3, -0.25) is 0 Å². The summed E-state index contributed by atoms with van der Waals surface area (Å²) in [6.07, 6.45) is 0. The molecule has 0 radical (unpaired) electrons. The lowest BCUT2D eigenvalue weighted by molar-refractivity contribution is -0.136. The predicted molar refractivity (Wildman–Crippen MR) is 69.8 cm³/mol. The topological polar surface area (TPSA) is 50.1 Å². The Labute approximate surface area is 107 Å². The fourth-order valence-electron chi connectivity index (χ4n) is 1.81. The Balaban J connectivity index is 3.28. The van der Waals surface area contributed by atoms with Crippen molar-refractivity contribution in [3.8, 4) is 6.07 Å². The van der Waals surface area contributed by atoms with E-state index >= 15 is 0 Å². The first-order chi connectivity index (χ1) is 8.52.